The van der Waals surface area contributed by atoms with Gasteiger partial charge in [0.15, 0.2) is 15.5 Å². The van der Waals surface area contributed by atoms with E-state index in [9.17, 15) is 28.2 Å². The van der Waals surface area contributed by atoms with Crippen LogP contribution in [0, 0.1) is 0 Å². The van der Waals surface area contributed by atoms with E-state index in [-0.39, 0.29) is 30.5 Å². The first-order chi connectivity index (χ1) is 16.9. The second-order valence-electron chi connectivity index (χ2n) is 9.98. The number of amides is 2. The van der Waals surface area contributed by atoms with Crippen molar-refractivity contribution in [3.05, 3.63) is 51.8 Å². The Morgan fingerprint density at radius 1 is 1.25 bits per heavy atom. The van der Waals surface area contributed by atoms with Crippen LogP contribution in [0.3, 0.4) is 0 Å². The quantitative estimate of drug-likeness (QED) is 0.436. The number of aliphatic hydroxyl groups is 2. The lowest BCUT2D eigenvalue weighted by molar-refractivity contribution is 0.0723. The number of aliphatic hydroxyl groups excluding tert-OH is 2. The van der Waals surface area contributed by atoms with Crippen molar-refractivity contribution in [2.24, 2.45) is 7.05 Å². The summed E-state index contributed by atoms with van der Waals surface area (Å²) < 4.78 is 25.1. The first-order valence-electron chi connectivity index (χ1n) is 11.8. The molecule has 2 aromatic rings. The van der Waals surface area contributed by atoms with Crippen LogP contribution in [0.5, 0.6) is 0 Å². The summed E-state index contributed by atoms with van der Waals surface area (Å²) >= 11 is 5.94. The molecule has 0 saturated heterocycles. The van der Waals surface area contributed by atoms with Gasteiger partial charge in [0, 0.05) is 30.7 Å². The van der Waals surface area contributed by atoms with Crippen molar-refractivity contribution in [3.63, 3.8) is 0 Å². The Labute approximate surface area is 215 Å². The fourth-order valence-corrected chi connectivity index (χ4v) is 7.22. The molecule has 1 aliphatic heterocycles. The zero-order valence-electron chi connectivity index (χ0n) is 20.5. The molecular weight excluding hydrogens is 508 g/mol. The number of hydrogen-bond donors (Lipinski definition) is 3. The first-order valence-corrected chi connectivity index (χ1v) is 13.6. The standard InChI is InChI=1S/C24H31ClN4O6S/c1-15(16-4-6-17(25)7-5-16)26-21(32)19-18-8-11-29(22(33)20(18)28(3)27-19)12-24(9-10-24)36(34,35)23(2,13-30)14-31/h4-7,15,30-31H,8-14H2,1-3H3,(H,26,32). The molecule has 1 unspecified atom stereocenters. The molecule has 1 aliphatic carbocycles. The van der Waals surface area contributed by atoms with Crippen LogP contribution in [0.25, 0.3) is 0 Å². The molecule has 2 aliphatic rings. The molecule has 0 bridgehead atoms. The van der Waals surface area contributed by atoms with Crippen LogP contribution in [-0.2, 0) is 23.3 Å². The monoisotopic (exact) mass is 538 g/mol. The van der Waals surface area contributed by atoms with Crippen LogP contribution in [0.15, 0.2) is 24.3 Å². The average molecular weight is 539 g/mol. The maximum atomic E-state index is 13.4. The minimum absolute atomic E-state index is 0.0382. The highest BCUT2D eigenvalue weighted by Gasteiger charge is 2.62. The molecule has 1 aromatic heterocycles. The number of aromatic nitrogens is 2. The van der Waals surface area contributed by atoms with E-state index in [2.05, 4.69) is 10.4 Å². The van der Waals surface area contributed by atoms with Gasteiger partial charge in [-0.05, 0) is 50.8 Å². The summed E-state index contributed by atoms with van der Waals surface area (Å²) in [7, 11) is -2.36. The van der Waals surface area contributed by atoms with Gasteiger partial charge in [0.05, 0.1) is 24.0 Å². The molecule has 36 heavy (non-hydrogen) atoms. The zero-order valence-corrected chi connectivity index (χ0v) is 22.1. The largest absolute Gasteiger partial charge is 0.395 e. The Bertz CT molecular complexity index is 1280. The highest BCUT2D eigenvalue weighted by molar-refractivity contribution is 7.94. The van der Waals surface area contributed by atoms with Crippen molar-refractivity contribution < 1.29 is 28.2 Å². The molecular formula is C24H31ClN4O6S. The Morgan fingerprint density at radius 2 is 1.86 bits per heavy atom. The zero-order chi connectivity index (χ0) is 26.5. The van der Waals surface area contributed by atoms with Crippen LogP contribution in [0.2, 0.25) is 5.02 Å². The van der Waals surface area contributed by atoms with Gasteiger partial charge in [-0.1, -0.05) is 23.7 Å². The second kappa shape index (κ2) is 9.44. The lowest BCUT2D eigenvalue weighted by Gasteiger charge is -2.35. The Hall–Kier alpha value is -2.47. The molecule has 1 fully saturated rings. The van der Waals surface area contributed by atoms with Gasteiger partial charge in [-0.2, -0.15) is 5.10 Å². The van der Waals surface area contributed by atoms with E-state index in [1.54, 1.807) is 19.2 Å². The van der Waals surface area contributed by atoms with Gasteiger partial charge in [0.1, 0.15) is 10.4 Å². The normalized spacial score (nSPS) is 18.1. The summed E-state index contributed by atoms with van der Waals surface area (Å²) in [4.78, 5) is 27.9. The summed E-state index contributed by atoms with van der Waals surface area (Å²) in [5, 5.41) is 27.1. The van der Waals surface area contributed by atoms with E-state index < -0.39 is 44.4 Å². The van der Waals surface area contributed by atoms with Gasteiger partial charge in [0.25, 0.3) is 11.8 Å². The molecule has 12 heteroatoms. The number of sulfone groups is 1. The smallest absolute Gasteiger partial charge is 0.272 e. The average Bonchev–Trinajstić information content (AvgIpc) is 3.56. The van der Waals surface area contributed by atoms with Crippen molar-refractivity contribution in [1.29, 1.82) is 0 Å². The number of carbonyl (C=O) groups is 2. The third-order valence-corrected chi connectivity index (χ3v) is 10.9. The van der Waals surface area contributed by atoms with Gasteiger partial charge >= 0.3 is 0 Å². The van der Waals surface area contributed by atoms with Crippen LogP contribution in [0.4, 0.5) is 0 Å². The molecule has 0 radical (unpaired) electrons. The third-order valence-electron chi connectivity index (χ3n) is 7.37. The molecule has 3 N–H and O–H groups in total. The summed E-state index contributed by atoms with van der Waals surface area (Å²) in [6.07, 6.45) is 1.05. The number of aryl methyl sites for hydroxylation is 1. The SMILES string of the molecule is CC(NC(=O)c1nn(C)c2c1CCN(CC1(S(=O)(=O)C(C)(CO)CO)CC1)C2=O)c1ccc(Cl)cc1. The minimum Gasteiger partial charge on any atom is -0.395 e. The predicted molar refractivity (Wildman–Crippen MR) is 134 cm³/mol. The van der Waals surface area contributed by atoms with Gasteiger partial charge in [-0.25, -0.2) is 8.42 Å². The number of benzene rings is 1. The first kappa shape index (κ1) is 26.6. The van der Waals surface area contributed by atoms with Crippen molar-refractivity contribution >= 4 is 33.3 Å². The third kappa shape index (κ3) is 4.31. The molecule has 0 spiro atoms. The number of halogens is 1. The summed E-state index contributed by atoms with van der Waals surface area (Å²) in [5.41, 5.74) is 1.82. The predicted octanol–water partition coefficient (Wildman–Crippen LogP) is 1.25. The van der Waals surface area contributed by atoms with Gasteiger partial charge < -0.3 is 20.4 Å². The number of nitrogens with zero attached hydrogens (tertiary/aromatic N) is 3. The Balaban J connectivity index is 1.53. The molecule has 10 nitrogen and oxygen atoms in total. The number of nitrogens with one attached hydrogen (secondary N) is 1. The van der Waals surface area contributed by atoms with E-state index >= 15 is 0 Å². The highest BCUT2D eigenvalue weighted by atomic mass is 35.5. The van der Waals surface area contributed by atoms with Gasteiger partial charge in [-0.3, -0.25) is 14.3 Å². The molecule has 4 rings (SSSR count). The number of rotatable bonds is 9. The Kier molecular flexibility index (Phi) is 6.97. The minimum atomic E-state index is -3.94. The van der Waals surface area contributed by atoms with Crippen molar-refractivity contribution in [2.75, 3.05) is 26.3 Å². The van der Waals surface area contributed by atoms with Gasteiger partial charge in [0.2, 0.25) is 0 Å². The van der Waals surface area contributed by atoms with Crippen molar-refractivity contribution in [2.45, 2.75) is 48.6 Å². The maximum Gasteiger partial charge on any atom is 0.272 e. The van der Waals surface area contributed by atoms with Crippen LogP contribution in [0.1, 0.15) is 64.8 Å². The van der Waals surface area contributed by atoms with Crippen molar-refractivity contribution in [1.82, 2.24) is 20.0 Å². The lowest BCUT2D eigenvalue weighted by Crippen LogP contribution is -2.54. The Morgan fingerprint density at radius 3 is 2.42 bits per heavy atom. The van der Waals surface area contributed by atoms with Gasteiger partial charge in [-0.15, -0.1) is 0 Å². The fourth-order valence-electron chi connectivity index (χ4n) is 4.75. The van der Waals surface area contributed by atoms with E-state index in [4.69, 9.17) is 11.6 Å². The molecule has 2 heterocycles. The molecule has 2 amide bonds. The fraction of sp³-hybridized carbons (Fsp3) is 0.542. The molecule has 1 saturated carbocycles. The lowest BCUT2D eigenvalue weighted by atomic mass is 10.0. The maximum absolute atomic E-state index is 13.4. The summed E-state index contributed by atoms with van der Waals surface area (Å²) in [5.74, 6) is -0.800. The number of fused-ring (bicyclic) bond motifs is 1. The van der Waals surface area contributed by atoms with Crippen molar-refractivity contribution in [3.8, 4) is 0 Å². The number of carbonyl (C=O) groups excluding carboxylic acids is 2. The summed E-state index contributed by atoms with van der Waals surface area (Å²) in [6, 6.07) is 6.82. The number of hydrogen-bond acceptors (Lipinski definition) is 7. The van der Waals surface area contributed by atoms with Crippen LogP contribution >= 0.6 is 11.6 Å². The van der Waals surface area contributed by atoms with E-state index in [0.717, 1.165) is 5.56 Å². The van der Waals surface area contributed by atoms with E-state index in [0.29, 0.717) is 29.8 Å². The topological polar surface area (TPSA) is 142 Å². The second-order valence-corrected chi connectivity index (χ2v) is 13.3. The van der Waals surface area contributed by atoms with Crippen LogP contribution in [-0.4, -0.2) is 80.9 Å². The van der Waals surface area contributed by atoms with E-state index in [1.165, 1.54) is 16.5 Å². The molecule has 1 aromatic carbocycles. The highest BCUT2D eigenvalue weighted by Crippen LogP contribution is 2.49. The molecule has 196 valence electrons. The summed E-state index contributed by atoms with van der Waals surface area (Å²) in [6.45, 7) is 1.93. The molecule has 1 atom stereocenters. The van der Waals surface area contributed by atoms with Crippen LogP contribution < -0.4 is 5.32 Å². The van der Waals surface area contributed by atoms with E-state index in [1.807, 2.05) is 19.1 Å².